The van der Waals surface area contributed by atoms with Gasteiger partial charge in [-0.05, 0) is 64.7 Å². The van der Waals surface area contributed by atoms with E-state index in [-0.39, 0.29) is 5.92 Å². The molecule has 7 aromatic rings. The van der Waals surface area contributed by atoms with Gasteiger partial charge in [0.2, 0.25) is 0 Å². The summed E-state index contributed by atoms with van der Waals surface area (Å²) < 4.78 is 8.46. The van der Waals surface area contributed by atoms with Crippen molar-refractivity contribution in [1.82, 2.24) is 4.57 Å². The average molecular weight is 528 g/mol. The third-order valence-corrected chi connectivity index (χ3v) is 8.19. The molecule has 0 N–H and O–H groups in total. The van der Waals surface area contributed by atoms with Gasteiger partial charge in [-0.15, -0.1) is 0 Å². The number of para-hydroxylation sites is 3. The third-order valence-electron chi connectivity index (χ3n) is 8.19. The Morgan fingerprint density at radius 3 is 1.93 bits per heavy atom. The molecular weight excluding hydrogens is 502 g/mol. The number of carbonyl (C=O) groups is 1. The summed E-state index contributed by atoms with van der Waals surface area (Å²) >= 11 is 0. The highest BCUT2D eigenvalue weighted by Gasteiger charge is 2.27. The molecule has 0 spiro atoms. The van der Waals surface area contributed by atoms with Crippen molar-refractivity contribution < 1.29 is 9.53 Å². The van der Waals surface area contributed by atoms with Crippen molar-refractivity contribution in [2.75, 3.05) is 0 Å². The quantitative estimate of drug-likeness (QED) is 0.213. The van der Waals surface area contributed by atoms with Gasteiger partial charge in [0.1, 0.15) is 17.8 Å². The van der Waals surface area contributed by atoms with Gasteiger partial charge in [0.25, 0.3) is 0 Å². The minimum atomic E-state index is -0.336. The second-order valence-electron chi connectivity index (χ2n) is 10.5. The fraction of sp³-hybridized carbons (Fsp3) is 0.0263. The lowest BCUT2D eigenvalue weighted by atomic mass is 9.87. The lowest BCUT2D eigenvalue weighted by molar-refractivity contribution is -0.108. The number of rotatable bonds is 4. The highest BCUT2D eigenvalue weighted by molar-refractivity contribution is 6.10. The molecule has 0 fully saturated rings. The molecule has 194 valence electrons. The molecule has 2 heterocycles. The Kier molecular flexibility index (Phi) is 5.36. The van der Waals surface area contributed by atoms with E-state index in [2.05, 4.69) is 114 Å². The van der Waals surface area contributed by atoms with Gasteiger partial charge in [0.05, 0.1) is 17.0 Å². The summed E-state index contributed by atoms with van der Waals surface area (Å²) in [6.45, 7) is 0. The van der Waals surface area contributed by atoms with Gasteiger partial charge in [0.15, 0.2) is 0 Å². The molecule has 41 heavy (non-hydrogen) atoms. The van der Waals surface area contributed by atoms with Crippen LogP contribution in [0.5, 0.6) is 11.5 Å². The van der Waals surface area contributed by atoms with E-state index < -0.39 is 0 Å². The topological polar surface area (TPSA) is 31.2 Å². The first kappa shape index (κ1) is 23.5. The maximum Gasteiger partial charge on any atom is 0.132 e. The Hall–Kier alpha value is -5.41. The molecule has 3 heteroatoms. The van der Waals surface area contributed by atoms with Crippen LogP contribution in [-0.4, -0.2) is 10.9 Å². The highest BCUT2D eigenvalue weighted by Crippen LogP contribution is 2.44. The number of ether oxygens (including phenoxy) is 1. The van der Waals surface area contributed by atoms with E-state index >= 15 is 0 Å². The maximum absolute atomic E-state index is 12.1. The fourth-order valence-electron chi connectivity index (χ4n) is 6.19. The molecule has 8 rings (SSSR count). The van der Waals surface area contributed by atoms with Crippen molar-refractivity contribution in [3.05, 3.63) is 151 Å². The smallest absolute Gasteiger partial charge is 0.132 e. The van der Waals surface area contributed by atoms with Crippen molar-refractivity contribution in [3.8, 4) is 39.4 Å². The second kappa shape index (κ2) is 9.35. The van der Waals surface area contributed by atoms with Crippen LogP contribution in [-0.2, 0) is 4.79 Å². The normalized spacial score (nSPS) is 13.9. The SMILES string of the molecule is O=CC1c2ccccc2Oc2ccc(-c3ccc(-c4ccc5c6ccccc6n(-c6ccccc6)c5c4)cc3)cc21. The summed E-state index contributed by atoms with van der Waals surface area (Å²) in [6.07, 6.45) is 1.01. The van der Waals surface area contributed by atoms with Crippen LogP contribution < -0.4 is 4.74 Å². The van der Waals surface area contributed by atoms with E-state index in [0.29, 0.717) is 0 Å². The molecule has 0 amide bonds. The van der Waals surface area contributed by atoms with Crippen LogP contribution in [0.1, 0.15) is 17.0 Å². The molecule has 1 aliphatic heterocycles. The summed E-state index contributed by atoms with van der Waals surface area (Å²) in [5.41, 5.74) is 9.83. The van der Waals surface area contributed by atoms with Crippen LogP contribution in [0.2, 0.25) is 0 Å². The summed E-state index contributed by atoms with van der Waals surface area (Å²) in [6, 6.07) is 48.4. The fourth-order valence-corrected chi connectivity index (χ4v) is 6.19. The van der Waals surface area contributed by atoms with Crippen LogP contribution in [0.15, 0.2) is 140 Å². The van der Waals surface area contributed by atoms with Gasteiger partial charge in [-0.2, -0.15) is 0 Å². The van der Waals surface area contributed by atoms with E-state index in [4.69, 9.17) is 4.74 Å². The predicted octanol–water partition coefficient (Wildman–Crippen LogP) is 9.55. The summed E-state index contributed by atoms with van der Waals surface area (Å²) in [5.74, 6) is 1.15. The Bertz CT molecular complexity index is 2090. The van der Waals surface area contributed by atoms with Crippen LogP contribution in [0.25, 0.3) is 49.7 Å². The number of benzene rings is 6. The lowest BCUT2D eigenvalue weighted by Crippen LogP contribution is -2.11. The van der Waals surface area contributed by atoms with Crippen LogP contribution >= 0.6 is 0 Å². The Morgan fingerprint density at radius 2 is 1.12 bits per heavy atom. The van der Waals surface area contributed by atoms with E-state index in [1.807, 2.05) is 30.3 Å². The highest BCUT2D eigenvalue weighted by atomic mass is 16.5. The Labute approximate surface area is 237 Å². The summed E-state index contributed by atoms with van der Waals surface area (Å²) in [5, 5.41) is 2.49. The van der Waals surface area contributed by atoms with Gasteiger partial charge in [-0.1, -0.05) is 97.1 Å². The van der Waals surface area contributed by atoms with E-state index in [0.717, 1.165) is 51.3 Å². The minimum Gasteiger partial charge on any atom is -0.457 e. The number of hydrogen-bond donors (Lipinski definition) is 0. The van der Waals surface area contributed by atoms with E-state index in [1.54, 1.807) is 0 Å². The van der Waals surface area contributed by atoms with Gasteiger partial charge < -0.3 is 14.1 Å². The molecule has 0 radical (unpaired) electrons. The van der Waals surface area contributed by atoms with Gasteiger partial charge in [-0.3, -0.25) is 0 Å². The maximum atomic E-state index is 12.1. The first-order valence-corrected chi connectivity index (χ1v) is 13.8. The standard InChI is InChI=1S/C38H25NO2/c40-24-34-32-11-5-7-13-37(32)41-38-21-19-27(22-33(34)38)25-14-16-26(17-15-25)28-18-20-31-30-10-4-6-12-35(30)39(36(31)23-28)29-8-2-1-3-9-29/h1-24,34H. The lowest BCUT2D eigenvalue weighted by Gasteiger charge is -2.25. The molecule has 6 aromatic carbocycles. The van der Waals surface area contributed by atoms with E-state index in [9.17, 15) is 4.79 Å². The molecular formula is C38H25NO2. The minimum absolute atomic E-state index is 0.336. The molecule has 1 unspecified atom stereocenters. The van der Waals surface area contributed by atoms with Crippen LogP contribution in [0.4, 0.5) is 0 Å². The van der Waals surface area contributed by atoms with Crippen molar-refractivity contribution in [2.24, 2.45) is 0 Å². The monoisotopic (exact) mass is 527 g/mol. The Morgan fingerprint density at radius 1 is 0.512 bits per heavy atom. The zero-order chi connectivity index (χ0) is 27.3. The largest absolute Gasteiger partial charge is 0.457 e. The van der Waals surface area contributed by atoms with Gasteiger partial charge in [-0.25, -0.2) is 0 Å². The molecule has 0 saturated carbocycles. The second-order valence-corrected chi connectivity index (χ2v) is 10.5. The molecule has 0 bridgehead atoms. The molecule has 1 aromatic heterocycles. The zero-order valence-electron chi connectivity index (χ0n) is 22.2. The number of hydrogen-bond acceptors (Lipinski definition) is 2. The zero-order valence-corrected chi connectivity index (χ0v) is 22.2. The average Bonchev–Trinajstić information content (AvgIpc) is 3.37. The Balaban J connectivity index is 1.18. The van der Waals surface area contributed by atoms with Gasteiger partial charge >= 0.3 is 0 Å². The van der Waals surface area contributed by atoms with Crippen LogP contribution in [0.3, 0.4) is 0 Å². The van der Waals surface area contributed by atoms with E-state index in [1.165, 1.54) is 27.4 Å². The molecule has 1 atom stereocenters. The summed E-state index contributed by atoms with van der Waals surface area (Å²) in [4.78, 5) is 12.1. The molecule has 3 nitrogen and oxygen atoms in total. The molecule has 0 saturated heterocycles. The first-order chi connectivity index (χ1) is 20.3. The summed E-state index contributed by atoms with van der Waals surface area (Å²) in [7, 11) is 0. The van der Waals surface area contributed by atoms with Crippen molar-refractivity contribution >= 4 is 28.1 Å². The van der Waals surface area contributed by atoms with Gasteiger partial charge in [0, 0.05) is 27.6 Å². The number of aromatic nitrogens is 1. The van der Waals surface area contributed by atoms with Crippen LogP contribution in [0, 0.1) is 0 Å². The van der Waals surface area contributed by atoms with Crippen molar-refractivity contribution in [3.63, 3.8) is 0 Å². The number of aldehydes is 1. The third kappa shape index (κ3) is 3.78. The molecule has 0 aliphatic carbocycles. The van der Waals surface area contributed by atoms with Crippen molar-refractivity contribution in [1.29, 1.82) is 0 Å². The predicted molar refractivity (Wildman–Crippen MR) is 166 cm³/mol. The number of carbonyl (C=O) groups excluding carboxylic acids is 1. The van der Waals surface area contributed by atoms with Crippen molar-refractivity contribution in [2.45, 2.75) is 5.92 Å². The number of nitrogens with zero attached hydrogens (tertiary/aromatic N) is 1. The number of fused-ring (bicyclic) bond motifs is 5. The first-order valence-electron chi connectivity index (χ1n) is 13.8. The molecule has 1 aliphatic rings.